The number of amides is 1. The molecule has 0 radical (unpaired) electrons. The van der Waals surface area contributed by atoms with Gasteiger partial charge in [0.25, 0.3) is 5.91 Å². The van der Waals surface area contributed by atoms with Crippen LogP contribution in [0, 0.1) is 13.8 Å². The van der Waals surface area contributed by atoms with Gasteiger partial charge in [-0.3, -0.25) is 4.79 Å². The second-order valence-electron chi connectivity index (χ2n) is 6.67. The van der Waals surface area contributed by atoms with E-state index in [0.717, 1.165) is 16.8 Å². The first-order chi connectivity index (χ1) is 13.5. The van der Waals surface area contributed by atoms with Crippen LogP contribution in [0.5, 0.6) is 5.75 Å². The smallest absolute Gasteiger partial charge is 0.255 e. The minimum Gasteiger partial charge on any atom is -0.497 e. The Morgan fingerprint density at radius 3 is 2.39 bits per heavy atom. The van der Waals surface area contributed by atoms with Crippen LogP contribution in [0.15, 0.2) is 60.7 Å². The molecule has 1 amide bonds. The van der Waals surface area contributed by atoms with E-state index in [-0.39, 0.29) is 5.91 Å². The number of nitrogens with one attached hydrogen (secondary N) is 1. The van der Waals surface area contributed by atoms with Gasteiger partial charge in [0.15, 0.2) is 0 Å². The highest BCUT2D eigenvalue weighted by molar-refractivity contribution is 6.05. The number of carbonyl (C=O) groups excluding carboxylic acids is 1. The Balaban J connectivity index is 1.65. The van der Waals surface area contributed by atoms with Gasteiger partial charge in [-0.1, -0.05) is 23.8 Å². The Hall–Kier alpha value is -3.67. The molecule has 0 bridgehead atoms. The summed E-state index contributed by atoms with van der Waals surface area (Å²) in [7, 11) is 1.58. The van der Waals surface area contributed by atoms with Crippen molar-refractivity contribution >= 4 is 22.6 Å². The largest absolute Gasteiger partial charge is 0.497 e. The summed E-state index contributed by atoms with van der Waals surface area (Å²) in [6, 6.07) is 18.8. The molecule has 4 aromatic rings. The predicted molar refractivity (Wildman–Crippen MR) is 109 cm³/mol. The molecule has 0 aliphatic rings. The van der Waals surface area contributed by atoms with Crippen molar-refractivity contribution in [1.82, 2.24) is 15.0 Å². The first-order valence-electron chi connectivity index (χ1n) is 8.93. The Morgan fingerprint density at radius 2 is 1.68 bits per heavy atom. The van der Waals surface area contributed by atoms with Crippen molar-refractivity contribution < 1.29 is 9.53 Å². The van der Waals surface area contributed by atoms with Gasteiger partial charge in [0.2, 0.25) is 0 Å². The van der Waals surface area contributed by atoms with Gasteiger partial charge in [0.05, 0.1) is 12.8 Å². The Bertz CT molecular complexity index is 1160. The lowest BCUT2D eigenvalue weighted by molar-refractivity contribution is 0.102. The quantitative estimate of drug-likeness (QED) is 0.580. The van der Waals surface area contributed by atoms with Crippen molar-refractivity contribution in [2.45, 2.75) is 13.8 Å². The van der Waals surface area contributed by atoms with Gasteiger partial charge >= 0.3 is 0 Å². The third-order valence-electron chi connectivity index (χ3n) is 4.57. The molecule has 6 heteroatoms. The molecule has 1 N–H and O–H groups in total. The molecular weight excluding hydrogens is 352 g/mol. The van der Waals surface area contributed by atoms with E-state index in [9.17, 15) is 4.79 Å². The molecule has 0 aliphatic carbocycles. The van der Waals surface area contributed by atoms with Gasteiger partial charge in [-0.15, -0.1) is 10.2 Å². The molecule has 140 valence electrons. The molecule has 0 saturated heterocycles. The molecule has 4 rings (SSSR count). The number of anilines is 1. The van der Waals surface area contributed by atoms with Crippen LogP contribution in [-0.4, -0.2) is 28.0 Å². The topological polar surface area (TPSA) is 69.0 Å². The Kier molecular flexibility index (Phi) is 4.53. The van der Waals surface area contributed by atoms with Crippen molar-refractivity contribution in [3.63, 3.8) is 0 Å². The molecule has 1 aromatic heterocycles. The molecular formula is C22H20N4O2. The Morgan fingerprint density at radius 1 is 0.964 bits per heavy atom. The number of nitrogens with zero attached hydrogens (tertiary/aromatic N) is 3. The number of carbonyl (C=O) groups is 1. The van der Waals surface area contributed by atoms with E-state index in [1.807, 2.05) is 50.2 Å². The molecule has 0 fully saturated rings. The molecule has 1 heterocycles. The van der Waals surface area contributed by atoms with E-state index in [1.165, 1.54) is 5.56 Å². The Labute approximate surface area is 162 Å². The van der Waals surface area contributed by atoms with E-state index in [0.29, 0.717) is 22.5 Å². The fraction of sp³-hybridized carbons (Fsp3) is 0.136. The molecule has 28 heavy (non-hydrogen) atoms. The summed E-state index contributed by atoms with van der Waals surface area (Å²) >= 11 is 0. The summed E-state index contributed by atoms with van der Waals surface area (Å²) in [5.74, 6) is 0.438. The zero-order valence-electron chi connectivity index (χ0n) is 15.9. The predicted octanol–water partition coefficient (Wildman–Crippen LogP) is 4.30. The molecule has 3 aromatic carbocycles. The fourth-order valence-electron chi connectivity index (χ4n) is 2.95. The maximum atomic E-state index is 12.6. The fourth-order valence-corrected chi connectivity index (χ4v) is 2.95. The van der Waals surface area contributed by atoms with Crippen molar-refractivity contribution in [3.05, 3.63) is 77.4 Å². The highest BCUT2D eigenvalue weighted by atomic mass is 16.5. The standard InChI is InChI=1S/C22H20N4O2/c1-14-7-9-17(10-8-14)26-24-20-11-15(2)19(13-21(20)25-26)23-22(27)16-5-4-6-18(12-16)28-3/h4-13H,1-3H3,(H,23,27). The van der Waals surface area contributed by atoms with Gasteiger partial charge in [-0.2, -0.15) is 4.80 Å². The van der Waals surface area contributed by atoms with Crippen LogP contribution in [0.25, 0.3) is 16.7 Å². The van der Waals surface area contributed by atoms with Gasteiger partial charge in [0.1, 0.15) is 16.8 Å². The molecule has 0 unspecified atom stereocenters. The highest BCUT2D eigenvalue weighted by Gasteiger charge is 2.12. The number of benzene rings is 3. The first-order valence-corrected chi connectivity index (χ1v) is 8.93. The minimum atomic E-state index is -0.202. The number of ether oxygens (including phenoxy) is 1. The van der Waals surface area contributed by atoms with Gasteiger partial charge in [-0.05, 0) is 61.9 Å². The number of hydrogen-bond donors (Lipinski definition) is 1. The van der Waals surface area contributed by atoms with Crippen LogP contribution >= 0.6 is 0 Å². The second kappa shape index (κ2) is 7.15. The number of methoxy groups -OCH3 is 1. The van der Waals surface area contributed by atoms with Gasteiger partial charge in [0, 0.05) is 11.3 Å². The summed E-state index contributed by atoms with van der Waals surface area (Å²) in [6.07, 6.45) is 0. The van der Waals surface area contributed by atoms with Crippen LogP contribution in [-0.2, 0) is 0 Å². The zero-order chi connectivity index (χ0) is 19.7. The molecule has 0 spiro atoms. The lowest BCUT2D eigenvalue weighted by atomic mass is 10.1. The van der Waals surface area contributed by atoms with E-state index in [1.54, 1.807) is 36.2 Å². The summed E-state index contributed by atoms with van der Waals surface area (Å²) in [4.78, 5) is 14.2. The van der Waals surface area contributed by atoms with Crippen LogP contribution in [0.3, 0.4) is 0 Å². The van der Waals surface area contributed by atoms with E-state index < -0.39 is 0 Å². The molecule has 0 aliphatic heterocycles. The maximum absolute atomic E-state index is 12.6. The summed E-state index contributed by atoms with van der Waals surface area (Å²) < 4.78 is 5.19. The van der Waals surface area contributed by atoms with Crippen molar-refractivity contribution in [2.75, 3.05) is 12.4 Å². The lowest BCUT2D eigenvalue weighted by Crippen LogP contribution is -2.12. The second-order valence-corrected chi connectivity index (χ2v) is 6.67. The average Bonchev–Trinajstić information content (AvgIpc) is 3.11. The van der Waals surface area contributed by atoms with Crippen molar-refractivity contribution in [1.29, 1.82) is 0 Å². The molecule has 6 nitrogen and oxygen atoms in total. The van der Waals surface area contributed by atoms with E-state index >= 15 is 0 Å². The number of hydrogen-bond acceptors (Lipinski definition) is 4. The minimum absolute atomic E-state index is 0.202. The normalized spacial score (nSPS) is 10.8. The van der Waals surface area contributed by atoms with Crippen LogP contribution in [0.4, 0.5) is 5.69 Å². The maximum Gasteiger partial charge on any atom is 0.255 e. The number of rotatable bonds is 4. The monoisotopic (exact) mass is 372 g/mol. The van der Waals surface area contributed by atoms with Crippen LogP contribution < -0.4 is 10.1 Å². The van der Waals surface area contributed by atoms with Crippen molar-refractivity contribution in [2.24, 2.45) is 0 Å². The van der Waals surface area contributed by atoms with Crippen LogP contribution in [0.2, 0.25) is 0 Å². The number of fused-ring (bicyclic) bond motifs is 1. The van der Waals surface area contributed by atoms with E-state index in [4.69, 9.17) is 4.74 Å². The summed E-state index contributed by atoms with van der Waals surface area (Å²) in [5, 5.41) is 12.1. The SMILES string of the molecule is COc1cccc(C(=O)Nc2cc3nn(-c4ccc(C)cc4)nc3cc2C)c1. The average molecular weight is 372 g/mol. The third kappa shape index (κ3) is 3.44. The number of aromatic nitrogens is 3. The van der Waals surface area contributed by atoms with Crippen molar-refractivity contribution in [3.8, 4) is 11.4 Å². The first kappa shape index (κ1) is 17.7. The summed E-state index contributed by atoms with van der Waals surface area (Å²) in [5.41, 5.74) is 5.71. The van der Waals surface area contributed by atoms with Gasteiger partial charge < -0.3 is 10.1 Å². The van der Waals surface area contributed by atoms with Crippen LogP contribution in [0.1, 0.15) is 21.5 Å². The van der Waals surface area contributed by atoms with E-state index in [2.05, 4.69) is 15.5 Å². The molecule has 0 saturated carbocycles. The third-order valence-corrected chi connectivity index (χ3v) is 4.57. The zero-order valence-corrected chi connectivity index (χ0v) is 15.9. The summed E-state index contributed by atoms with van der Waals surface area (Å²) in [6.45, 7) is 3.98. The lowest BCUT2D eigenvalue weighted by Gasteiger charge is -2.09. The molecule has 0 atom stereocenters. The van der Waals surface area contributed by atoms with Gasteiger partial charge in [-0.25, -0.2) is 0 Å². The number of aryl methyl sites for hydroxylation is 2. The highest BCUT2D eigenvalue weighted by Crippen LogP contribution is 2.23.